The molecule has 1 amide bonds. The summed E-state index contributed by atoms with van der Waals surface area (Å²) in [6.45, 7) is 3.45. The van der Waals surface area contributed by atoms with Crippen molar-refractivity contribution in [2.45, 2.75) is 13.8 Å². The van der Waals surface area contributed by atoms with Crippen molar-refractivity contribution >= 4 is 11.9 Å². The summed E-state index contributed by atoms with van der Waals surface area (Å²) in [5.74, 6) is -0.231. The van der Waals surface area contributed by atoms with Gasteiger partial charge in [-0.05, 0) is 26.0 Å². The number of nitrogens with one attached hydrogen (secondary N) is 1. The topological polar surface area (TPSA) is 64.6 Å². The standard InChI is InChI=1S/C14H17NO4/c1-10-4-6-12(7-5-10)19-9-13(16)15-11(2)8-14(17)18-3/h4-8H,9H2,1-3H3,(H,15,16)/b11-8+. The molecule has 0 heterocycles. The number of carbonyl (C=O) groups is 2. The molecule has 0 aliphatic heterocycles. The second kappa shape index (κ2) is 7.20. The quantitative estimate of drug-likeness (QED) is 0.647. The fraction of sp³-hybridized carbons (Fsp3) is 0.286. The van der Waals surface area contributed by atoms with E-state index >= 15 is 0 Å². The molecule has 0 unspecified atom stereocenters. The Labute approximate surface area is 112 Å². The summed E-state index contributed by atoms with van der Waals surface area (Å²) >= 11 is 0. The number of hydrogen-bond donors (Lipinski definition) is 1. The van der Waals surface area contributed by atoms with Crippen LogP contribution < -0.4 is 10.1 Å². The largest absolute Gasteiger partial charge is 0.484 e. The first kappa shape index (κ1) is 14.8. The number of amides is 1. The SMILES string of the molecule is COC(=O)/C=C(\C)NC(=O)COc1ccc(C)cc1. The third-order valence-corrected chi connectivity index (χ3v) is 2.26. The number of ether oxygens (including phenoxy) is 2. The van der Waals surface area contributed by atoms with Crippen molar-refractivity contribution in [3.05, 3.63) is 41.6 Å². The number of esters is 1. The van der Waals surface area contributed by atoms with Crippen molar-refractivity contribution < 1.29 is 19.1 Å². The van der Waals surface area contributed by atoms with Crippen LogP contribution in [0.1, 0.15) is 12.5 Å². The Morgan fingerprint density at radius 1 is 1.26 bits per heavy atom. The minimum atomic E-state index is -0.516. The van der Waals surface area contributed by atoms with E-state index in [4.69, 9.17) is 4.74 Å². The highest BCUT2D eigenvalue weighted by Crippen LogP contribution is 2.10. The maximum Gasteiger partial charge on any atom is 0.332 e. The molecule has 0 saturated carbocycles. The molecule has 1 N–H and O–H groups in total. The van der Waals surface area contributed by atoms with Crippen LogP contribution in [0.3, 0.4) is 0 Å². The van der Waals surface area contributed by atoms with Gasteiger partial charge < -0.3 is 14.8 Å². The van der Waals surface area contributed by atoms with Crippen LogP contribution >= 0.6 is 0 Å². The lowest BCUT2D eigenvalue weighted by molar-refractivity contribution is -0.134. The number of methoxy groups -OCH3 is 1. The minimum Gasteiger partial charge on any atom is -0.484 e. The van der Waals surface area contributed by atoms with E-state index in [9.17, 15) is 9.59 Å². The maximum absolute atomic E-state index is 11.5. The molecule has 0 saturated heterocycles. The van der Waals surface area contributed by atoms with Gasteiger partial charge in [0.1, 0.15) is 5.75 Å². The maximum atomic E-state index is 11.5. The van der Waals surface area contributed by atoms with Gasteiger partial charge in [0, 0.05) is 11.8 Å². The Morgan fingerprint density at radius 3 is 2.47 bits per heavy atom. The van der Waals surface area contributed by atoms with Crippen LogP contribution in [0.5, 0.6) is 5.75 Å². The average Bonchev–Trinajstić information content (AvgIpc) is 2.37. The third kappa shape index (κ3) is 5.72. The Kier molecular flexibility index (Phi) is 5.60. The van der Waals surface area contributed by atoms with E-state index in [-0.39, 0.29) is 12.5 Å². The van der Waals surface area contributed by atoms with E-state index in [2.05, 4.69) is 10.1 Å². The van der Waals surface area contributed by atoms with Crippen molar-refractivity contribution in [3.8, 4) is 5.75 Å². The van der Waals surface area contributed by atoms with Crippen molar-refractivity contribution in [1.82, 2.24) is 5.32 Å². The Hall–Kier alpha value is -2.30. The smallest absolute Gasteiger partial charge is 0.332 e. The number of rotatable bonds is 5. The van der Waals surface area contributed by atoms with E-state index in [0.29, 0.717) is 11.4 Å². The van der Waals surface area contributed by atoms with Crippen LogP contribution in [-0.4, -0.2) is 25.6 Å². The highest BCUT2D eigenvalue weighted by Gasteiger charge is 2.04. The predicted molar refractivity (Wildman–Crippen MR) is 70.6 cm³/mol. The van der Waals surface area contributed by atoms with Crippen LogP contribution in [0.25, 0.3) is 0 Å². The molecule has 102 valence electrons. The highest BCUT2D eigenvalue weighted by molar-refractivity contribution is 5.85. The summed E-state index contributed by atoms with van der Waals surface area (Å²) in [4.78, 5) is 22.5. The van der Waals surface area contributed by atoms with Crippen LogP contribution in [0.4, 0.5) is 0 Å². The molecular weight excluding hydrogens is 246 g/mol. The van der Waals surface area contributed by atoms with Crippen molar-refractivity contribution in [2.75, 3.05) is 13.7 Å². The lowest BCUT2D eigenvalue weighted by Gasteiger charge is -2.07. The molecule has 0 aliphatic carbocycles. The number of benzene rings is 1. The predicted octanol–water partition coefficient (Wildman–Crippen LogP) is 1.57. The average molecular weight is 263 g/mol. The second-order valence-corrected chi connectivity index (χ2v) is 4.00. The molecule has 0 bridgehead atoms. The third-order valence-electron chi connectivity index (χ3n) is 2.26. The molecule has 5 heteroatoms. The second-order valence-electron chi connectivity index (χ2n) is 4.00. The van der Waals surface area contributed by atoms with Crippen molar-refractivity contribution in [3.63, 3.8) is 0 Å². The number of hydrogen-bond acceptors (Lipinski definition) is 4. The molecule has 0 radical (unpaired) electrons. The molecule has 0 atom stereocenters. The van der Waals surface area contributed by atoms with Crippen LogP contribution in [0.15, 0.2) is 36.0 Å². The van der Waals surface area contributed by atoms with Gasteiger partial charge in [0.05, 0.1) is 7.11 Å². The van der Waals surface area contributed by atoms with Gasteiger partial charge in [-0.15, -0.1) is 0 Å². The van der Waals surface area contributed by atoms with Crippen molar-refractivity contribution in [1.29, 1.82) is 0 Å². The van der Waals surface area contributed by atoms with Crippen LogP contribution in [0, 0.1) is 6.92 Å². The van der Waals surface area contributed by atoms with Gasteiger partial charge in [-0.2, -0.15) is 0 Å². The zero-order valence-corrected chi connectivity index (χ0v) is 11.2. The molecule has 0 aliphatic rings. The molecule has 1 aromatic rings. The lowest BCUT2D eigenvalue weighted by atomic mass is 10.2. The Morgan fingerprint density at radius 2 is 1.89 bits per heavy atom. The van der Waals surface area contributed by atoms with E-state index in [0.717, 1.165) is 5.56 Å². The van der Waals surface area contributed by atoms with Crippen LogP contribution in [-0.2, 0) is 14.3 Å². The van der Waals surface area contributed by atoms with Crippen LogP contribution in [0.2, 0.25) is 0 Å². The first-order valence-corrected chi connectivity index (χ1v) is 5.77. The molecular formula is C14H17NO4. The summed E-state index contributed by atoms with van der Waals surface area (Å²) in [5.41, 5.74) is 1.53. The van der Waals surface area contributed by atoms with E-state index in [1.165, 1.54) is 13.2 Å². The number of carbonyl (C=O) groups excluding carboxylic acids is 2. The van der Waals surface area contributed by atoms with E-state index in [1.807, 2.05) is 19.1 Å². The molecule has 19 heavy (non-hydrogen) atoms. The molecule has 5 nitrogen and oxygen atoms in total. The van der Waals surface area contributed by atoms with Gasteiger partial charge in [-0.25, -0.2) is 4.79 Å². The van der Waals surface area contributed by atoms with Gasteiger partial charge in [0.15, 0.2) is 6.61 Å². The number of aryl methyl sites for hydroxylation is 1. The fourth-order valence-corrected chi connectivity index (χ4v) is 1.31. The van der Waals surface area contributed by atoms with Crippen molar-refractivity contribution in [2.24, 2.45) is 0 Å². The first-order valence-electron chi connectivity index (χ1n) is 5.77. The lowest BCUT2D eigenvalue weighted by Crippen LogP contribution is -2.27. The Balaban J connectivity index is 2.41. The minimum absolute atomic E-state index is 0.116. The fourth-order valence-electron chi connectivity index (χ4n) is 1.31. The van der Waals surface area contributed by atoms with Gasteiger partial charge in [0.2, 0.25) is 0 Å². The Bertz CT molecular complexity index is 477. The number of allylic oxidation sites excluding steroid dienone is 1. The van der Waals surface area contributed by atoms with Gasteiger partial charge in [-0.3, -0.25) is 4.79 Å². The van der Waals surface area contributed by atoms with Gasteiger partial charge in [-0.1, -0.05) is 17.7 Å². The van der Waals surface area contributed by atoms with Gasteiger partial charge >= 0.3 is 5.97 Å². The van der Waals surface area contributed by atoms with E-state index < -0.39 is 5.97 Å². The normalized spacial score (nSPS) is 10.8. The molecule has 0 aromatic heterocycles. The summed E-state index contributed by atoms with van der Waals surface area (Å²) in [7, 11) is 1.27. The van der Waals surface area contributed by atoms with Gasteiger partial charge in [0.25, 0.3) is 5.91 Å². The van der Waals surface area contributed by atoms with E-state index in [1.54, 1.807) is 19.1 Å². The molecule has 1 rings (SSSR count). The summed E-state index contributed by atoms with van der Waals surface area (Å²) in [5, 5.41) is 2.52. The highest BCUT2D eigenvalue weighted by atomic mass is 16.5. The monoisotopic (exact) mass is 263 g/mol. The first-order chi connectivity index (χ1) is 9.01. The molecule has 0 spiro atoms. The summed E-state index contributed by atoms with van der Waals surface area (Å²) < 4.78 is 9.74. The summed E-state index contributed by atoms with van der Waals surface area (Å²) in [6.07, 6.45) is 1.20. The summed E-state index contributed by atoms with van der Waals surface area (Å²) in [6, 6.07) is 7.38. The molecule has 0 fully saturated rings. The zero-order chi connectivity index (χ0) is 14.3. The zero-order valence-electron chi connectivity index (χ0n) is 11.2. The molecule has 1 aromatic carbocycles.